The van der Waals surface area contributed by atoms with Gasteiger partial charge in [0, 0.05) is 11.3 Å². The van der Waals surface area contributed by atoms with E-state index in [0.29, 0.717) is 11.1 Å². The minimum atomic E-state index is -0.889. The quantitative estimate of drug-likeness (QED) is 0.246. The van der Waals surface area contributed by atoms with Gasteiger partial charge in [-0.2, -0.15) is 0 Å². The number of Topliss-reactive ketones (excluding diaryl/α,β-unsaturated/α-hetero) is 1. The Labute approximate surface area is 190 Å². The number of anilines is 1. The van der Waals surface area contributed by atoms with Gasteiger partial charge in [0.05, 0.1) is 11.6 Å². The second-order valence-corrected chi connectivity index (χ2v) is 8.07. The number of hydrogen-bond acceptors (Lipinski definition) is 3. The van der Waals surface area contributed by atoms with E-state index in [4.69, 9.17) is 0 Å². The molecule has 4 nitrogen and oxygen atoms in total. The van der Waals surface area contributed by atoms with E-state index in [2.05, 4.69) is 0 Å². The van der Waals surface area contributed by atoms with Crippen LogP contribution in [0.15, 0.2) is 96.6 Å². The SMILES string of the molecule is Cc1ccccc1C1/C(=C(\O)c2ccc3ccccc3c2)C(=O)C(=O)N1c1cccc(F)c1. The molecule has 162 valence electrons. The summed E-state index contributed by atoms with van der Waals surface area (Å²) in [5, 5.41) is 13.2. The number of nitrogens with zero attached hydrogens (tertiary/aromatic N) is 1. The lowest BCUT2D eigenvalue weighted by Gasteiger charge is -2.26. The van der Waals surface area contributed by atoms with Gasteiger partial charge in [0.1, 0.15) is 11.6 Å². The van der Waals surface area contributed by atoms with Gasteiger partial charge in [-0.25, -0.2) is 4.39 Å². The Bertz CT molecular complexity index is 1460. The summed E-state index contributed by atoms with van der Waals surface area (Å²) >= 11 is 0. The second kappa shape index (κ2) is 8.02. The fourth-order valence-corrected chi connectivity index (χ4v) is 4.40. The van der Waals surface area contributed by atoms with Crippen LogP contribution in [-0.2, 0) is 9.59 Å². The highest BCUT2D eigenvalue weighted by Gasteiger charge is 2.47. The number of amides is 1. The molecule has 0 spiro atoms. The topological polar surface area (TPSA) is 57.6 Å². The number of carbonyl (C=O) groups excluding carboxylic acids is 2. The lowest BCUT2D eigenvalue weighted by Crippen LogP contribution is -2.29. The van der Waals surface area contributed by atoms with Crippen LogP contribution < -0.4 is 4.90 Å². The summed E-state index contributed by atoms with van der Waals surface area (Å²) in [6.45, 7) is 1.87. The lowest BCUT2D eigenvalue weighted by atomic mass is 9.92. The first-order chi connectivity index (χ1) is 16.0. The van der Waals surface area contributed by atoms with Gasteiger partial charge in [-0.1, -0.05) is 66.7 Å². The molecule has 1 atom stereocenters. The van der Waals surface area contributed by atoms with E-state index in [1.807, 2.05) is 61.5 Å². The highest BCUT2D eigenvalue weighted by Crippen LogP contribution is 2.43. The molecule has 1 N–H and O–H groups in total. The van der Waals surface area contributed by atoms with E-state index in [-0.39, 0.29) is 17.0 Å². The molecule has 0 bridgehead atoms. The summed E-state index contributed by atoms with van der Waals surface area (Å²) in [6.07, 6.45) is 0. The zero-order valence-electron chi connectivity index (χ0n) is 17.8. The molecule has 1 heterocycles. The number of ketones is 1. The van der Waals surface area contributed by atoms with Crippen LogP contribution in [0.2, 0.25) is 0 Å². The van der Waals surface area contributed by atoms with E-state index >= 15 is 0 Å². The minimum Gasteiger partial charge on any atom is -0.507 e. The van der Waals surface area contributed by atoms with E-state index in [1.165, 1.54) is 23.1 Å². The van der Waals surface area contributed by atoms with Gasteiger partial charge in [-0.15, -0.1) is 0 Å². The van der Waals surface area contributed by atoms with Crippen LogP contribution in [0.1, 0.15) is 22.7 Å². The predicted molar refractivity (Wildman–Crippen MR) is 126 cm³/mol. The van der Waals surface area contributed by atoms with Crippen molar-refractivity contribution >= 4 is 33.9 Å². The number of hydrogen-bond donors (Lipinski definition) is 1. The number of halogens is 1. The molecule has 1 fully saturated rings. The van der Waals surface area contributed by atoms with E-state index in [1.54, 1.807) is 18.2 Å². The highest BCUT2D eigenvalue weighted by molar-refractivity contribution is 6.51. The zero-order valence-corrected chi connectivity index (χ0v) is 17.8. The lowest BCUT2D eigenvalue weighted by molar-refractivity contribution is -0.132. The van der Waals surface area contributed by atoms with Crippen molar-refractivity contribution in [1.29, 1.82) is 0 Å². The van der Waals surface area contributed by atoms with Crippen molar-refractivity contribution in [3.8, 4) is 0 Å². The van der Waals surface area contributed by atoms with Crippen molar-refractivity contribution < 1.29 is 19.1 Å². The van der Waals surface area contributed by atoms with Crippen molar-refractivity contribution in [3.05, 3.63) is 119 Å². The zero-order chi connectivity index (χ0) is 23.1. The molecule has 1 unspecified atom stereocenters. The first kappa shape index (κ1) is 20.6. The Hall–Kier alpha value is -4.25. The Kier molecular flexibility index (Phi) is 5.02. The highest BCUT2D eigenvalue weighted by atomic mass is 19.1. The average molecular weight is 437 g/mol. The van der Waals surface area contributed by atoms with E-state index < -0.39 is 23.5 Å². The molecule has 5 rings (SSSR count). The van der Waals surface area contributed by atoms with Crippen molar-refractivity contribution in [1.82, 2.24) is 0 Å². The van der Waals surface area contributed by atoms with Crippen LogP contribution >= 0.6 is 0 Å². The number of benzene rings is 4. The molecule has 0 aromatic heterocycles. The largest absolute Gasteiger partial charge is 0.507 e. The number of rotatable bonds is 3. The number of fused-ring (bicyclic) bond motifs is 1. The fraction of sp³-hybridized carbons (Fsp3) is 0.0714. The van der Waals surface area contributed by atoms with Gasteiger partial charge < -0.3 is 5.11 Å². The second-order valence-electron chi connectivity index (χ2n) is 8.07. The van der Waals surface area contributed by atoms with E-state index in [0.717, 1.165) is 16.3 Å². The standard InChI is InChI=1S/C28H20FNO3/c1-17-7-2-5-12-23(17)25-24(26(31)20-14-13-18-8-3-4-9-19(18)15-20)27(32)28(33)30(25)22-11-6-10-21(29)16-22/h2-16,25,31H,1H3/b26-24+. The van der Waals surface area contributed by atoms with E-state index in [9.17, 15) is 19.1 Å². The summed E-state index contributed by atoms with van der Waals surface area (Å²) in [4.78, 5) is 27.7. The normalized spacial score (nSPS) is 17.6. The summed E-state index contributed by atoms with van der Waals surface area (Å²) in [5.74, 6) is -2.40. The fourth-order valence-electron chi connectivity index (χ4n) is 4.40. The third kappa shape index (κ3) is 3.48. The van der Waals surface area contributed by atoms with Crippen molar-refractivity contribution in [2.75, 3.05) is 4.90 Å². The summed E-state index contributed by atoms with van der Waals surface area (Å²) < 4.78 is 14.0. The van der Waals surface area contributed by atoms with Crippen LogP contribution in [0.25, 0.3) is 16.5 Å². The van der Waals surface area contributed by atoms with Crippen LogP contribution in [0.5, 0.6) is 0 Å². The summed E-state index contributed by atoms with van der Waals surface area (Å²) in [5.41, 5.74) is 2.19. The molecular weight excluding hydrogens is 417 g/mol. The molecule has 1 aliphatic heterocycles. The van der Waals surface area contributed by atoms with Crippen LogP contribution in [0.3, 0.4) is 0 Å². The predicted octanol–water partition coefficient (Wildman–Crippen LogP) is 5.91. The van der Waals surface area contributed by atoms with Gasteiger partial charge >= 0.3 is 0 Å². The van der Waals surface area contributed by atoms with Gasteiger partial charge in [-0.05, 0) is 53.1 Å². The molecule has 1 aliphatic rings. The Morgan fingerprint density at radius 1 is 0.848 bits per heavy atom. The van der Waals surface area contributed by atoms with Gasteiger partial charge in [0.25, 0.3) is 11.7 Å². The number of carbonyl (C=O) groups is 2. The molecule has 0 saturated carbocycles. The van der Waals surface area contributed by atoms with Crippen molar-refractivity contribution in [3.63, 3.8) is 0 Å². The van der Waals surface area contributed by atoms with Crippen LogP contribution in [-0.4, -0.2) is 16.8 Å². The Morgan fingerprint density at radius 2 is 1.58 bits per heavy atom. The first-order valence-corrected chi connectivity index (χ1v) is 10.6. The number of aliphatic hydroxyl groups excluding tert-OH is 1. The van der Waals surface area contributed by atoms with Crippen molar-refractivity contribution in [2.45, 2.75) is 13.0 Å². The maximum atomic E-state index is 14.0. The molecule has 4 aromatic rings. The maximum absolute atomic E-state index is 14.0. The molecule has 0 radical (unpaired) electrons. The van der Waals surface area contributed by atoms with Gasteiger partial charge in [0.15, 0.2) is 0 Å². The molecule has 0 aliphatic carbocycles. The number of aryl methyl sites for hydroxylation is 1. The van der Waals surface area contributed by atoms with Crippen molar-refractivity contribution in [2.24, 2.45) is 0 Å². The summed E-state index contributed by atoms with van der Waals surface area (Å²) in [7, 11) is 0. The third-order valence-corrected chi connectivity index (χ3v) is 6.04. The molecular formula is C28H20FNO3. The third-order valence-electron chi connectivity index (χ3n) is 6.04. The first-order valence-electron chi connectivity index (χ1n) is 10.6. The average Bonchev–Trinajstić information content (AvgIpc) is 3.09. The molecule has 4 aromatic carbocycles. The molecule has 1 amide bonds. The molecule has 5 heteroatoms. The minimum absolute atomic E-state index is 0.0196. The Morgan fingerprint density at radius 3 is 2.33 bits per heavy atom. The number of aliphatic hydroxyl groups is 1. The molecule has 33 heavy (non-hydrogen) atoms. The van der Waals surface area contributed by atoms with Crippen LogP contribution in [0, 0.1) is 12.7 Å². The van der Waals surface area contributed by atoms with Gasteiger partial charge in [-0.3, -0.25) is 14.5 Å². The van der Waals surface area contributed by atoms with Gasteiger partial charge in [0.2, 0.25) is 0 Å². The van der Waals surface area contributed by atoms with Crippen LogP contribution in [0.4, 0.5) is 10.1 Å². The molecule has 1 saturated heterocycles. The maximum Gasteiger partial charge on any atom is 0.300 e. The monoisotopic (exact) mass is 437 g/mol. The Balaban J connectivity index is 1.76. The smallest absolute Gasteiger partial charge is 0.300 e. The summed E-state index contributed by atoms with van der Waals surface area (Å²) in [6, 6.07) is 25.1.